The SMILES string of the molecule is C=CC(C)=O.CC(CN1CCC1)c1c(C2CC3COCC(C2)N3C)[nH]c(N)c1/C=C(\N)c1ccccc1O. The topological polar surface area (TPSA) is 121 Å². The number of phenols is 1. The van der Waals surface area contributed by atoms with E-state index in [2.05, 4.69) is 35.3 Å². The molecule has 206 valence electrons. The molecule has 3 aliphatic rings. The van der Waals surface area contributed by atoms with Crippen molar-refractivity contribution in [1.29, 1.82) is 0 Å². The zero-order valence-corrected chi connectivity index (χ0v) is 23.0. The van der Waals surface area contributed by atoms with Crippen LogP contribution in [0.2, 0.25) is 0 Å². The molecule has 0 spiro atoms. The molecule has 3 aliphatic heterocycles. The number of likely N-dealkylation sites (N-methyl/N-ethyl adjacent to an activating group) is 1. The van der Waals surface area contributed by atoms with Crippen LogP contribution in [0.15, 0.2) is 36.9 Å². The molecular formula is C30H43N5O3. The minimum Gasteiger partial charge on any atom is -0.507 e. The van der Waals surface area contributed by atoms with E-state index in [-0.39, 0.29) is 11.5 Å². The number of rotatable bonds is 7. The van der Waals surface area contributed by atoms with Crippen molar-refractivity contribution in [2.24, 2.45) is 5.73 Å². The first-order valence-corrected chi connectivity index (χ1v) is 13.6. The first kappa shape index (κ1) is 28.0. The second-order valence-electron chi connectivity index (χ2n) is 10.9. The summed E-state index contributed by atoms with van der Waals surface area (Å²) in [4.78, 5) is 18.3. The summed E-state index contributed by atoms with van der Waals surface area (Å²) in [7, 11) is 2.23. The number of ether oxygens (including phenoxy) is 1. The molecule has 0 saturated carbocycles. The highest BCUT2D eigenvalue weighted by Crippen LogP contribution is 2.43. The number of para-hydroxylation sites is 1. The molecule has 5 rings (SSSR count). The zero-order chi connectivity index (χ0) is 27.4. The Morgan fingerprint density at radius 1 is 1.26 bits per heavy atom. The van der Waals surface area contributed by atoms with Gasteiger partial charge in [0, 0.05) is 47.1 Å². The number of hydrogen-bond donors (Lipinski definition) is 4. The van der Waals surface area contributed by atoms with Crippen molar-refractivity contribution < 1.29 is 14.6 Å². The number of aromatic nitrogens is 1. The van der Waals surface area contributed by atoms with E-state index in [1.807, 2.05) is 18.2 Å². The number of fused-ring (bicyclic) bond motifs is 2. The molecule has 0 aliphatic carbocycles. The van der Waals surface area contributed by atoms with Gasteiger partial charge in [-0.05, 0) is 82.1 Å². The summed E-state index contributed by atoms with van der Waals surface area (Å²) in [5.41, 5.74) is 17.8. The minimum absolute atomic E-state index is 0.0185. The minimum atomic E-state index is 0.0185. The summed E-state index contributed by atoms with van der Waals surface area (Å²) in [6.07, 6.45) is 6.63. The van der Waals surface area contributed by atoms with Gasteiger partial charge < -0.3 is 31.2 Å². The number of allylic oxidation sites excluding steroid dienone is 1. The van der Waals surface area contributed by atoms with Gasteiger partial charge in [-0.1, -0.05) is 25.6 Å². The number of piperidine rings is 1. The van der Waals surface area contributed by atoms with Crippen molar-refractivity contribution in [3.8, 4) is 5.75 Å². The number of nitrogens with two attached hydrogens (primary N) is 2. The lowest BCUT2D eigenvalue weighted by Crippen LogP contribution is -2.54. The second-order valence-corrected chi connectivity index (χ2v) is 10.9. The predicted octanol–water partition coefficient (Wildman–Crippen LogP) is 3.91. The molecule has 38 heavy (non-hydrogen) atoms. The number of nitrogen functional groups attached to an aromatic ring is 1. The van der Waals surface area contributed by atoms with Crippen LogP contribution in [0.5, 0.6) is 5.75 Å². The highest BCUT2D eigenvalue weighted by Gasteiger charge is 2.39. The monoisotopic (exact) mass is 521 g/mol. The molecule has 2 aromatic rings. The van der Waals surface area contributed by atoms with Gasteiger partial charge in [-0.25, -0.2) is 0 Å². The summed E-state index contributed by atoms with van der Waals surface area (Å²) in [5, 5.41) is 10.3. The van der Waals surface area contributed by atoms with Crippen molar-refractivity contribution in [2.75, 3.05) is 45.6 Å². The second kappa shape index (κ2) is 12.2. The zero-order valence-electron chi connectivity index (χ0n) is 23.0. The Bertz CT molecular complexity index is 1150. The quantitative estimate of drug-likeness (QED) is 0.408. The number of anilines is 1. The number of likely N-dealkylation sites (tertiary alicyclic amines) is 1. The number of aromatic amines is 1. The Balaban J connectivity index is 0.000000617. The van der Waals surface area contributed by atoms with Crippen molar-refractivity contribution >= 4 is 23.4 Å². The lowest BCUT2D eigenvalue weighted by atomic mass is 9.80. The van der Waals surface area contributed by atoms with Crippen LogP contribution in [0.1, 0.15) is 67.3 Å². The summed E-state index contributed by atoms with van der Waals surface area (Å²) in [6, 6.07) is 8.07. The van der Waals surface area contributed by atoms with Crippen molar-refractivity contribution in [3.05, 3.63) is 59.3 Å². The molecular weight excluding hydrogens is 478 g/mol. The normalized spacial score (nSPS) is 24.6. The van der Waals surface area contributed by atoms with Crippen molar-refractivity contribution in [2.45, 2.75) is 57.0 Å². The van der Waals surface area contributed by atoms with Gasteiger partial charge in [-0.2, -0.15) is 0 Å². The summed E-state index contributed by atoms with van der Waals surface area (Å²) in [5.74, 6) is 1.61. The molecule has 8 heteroatoms. The van der Waals surface area contributed by atoms with Crippen molar-refractivity contribution in [1.82, 2.24) is 14.8 Å². The van der Waals surface area contributed by atoms with Gasteiger partial charge in [0.25, 0.3) is 0 Å². The fourth-order valence-corrected chi connectivity index (χ4v) is 5.90. The van der Waals surface area contributed by atoms with E-state index in [4.69, 9.17) is 16.2 Å². The maximum absolute atomic E-state index is 10.3. The standard InChI is InChI=1S/C26H37N5O2.C4H6O/c1-16(13-31-8-5-9-31)24-21(12-22(27)20-6-3-4-7-23(20)32)26(28)29-25(24)17-10-18-14-33-15-19(11-17)30(18)2;1-3-4(2)5/h3-4,6-7,12,16-19,29,32H,5,8-11,13-15,27-28H2,1-2H3;3H,1H2,2H3/b22-12-;. The number of morpholine rings is 1. The maximum atomic E-state index is 10.3. The fourth-order valence-electron chi connectivity index (χ4n) is 5.90. The average molecular weight is 522 g/mol. The van der Waals surface area contributed by atoms with E-state index in [1.165, 1.54) is 43.8 Å². The number of aromatic hydroxyl groups is 1. The van der Waals surface area contributed by atoms with Gasteiger partial charge in [0.05, 0.1) is 13.2 Å². The third kappa shape index (κ3) is 6.14. The third-order valence-electron chi connectivity index (χ3n) is 8.21. The molecule has 0 amide bonds. The average Bonchev–Trinajstić information content (AvgIpc) is 3.17. The van der Waals surface area contributed by atoms with Crippen LogP contribution in [0.25, 0.3) is 11.8 Å². The van der Waals surface area contributed by atoms with Crippen LogP contribution in [0.3, 0.4) is 0 Å². The number of nitrogens with zero attached hydrogens (tertiary/aromatic N) is 2. The van der Waals surface area contributed by atoms with Crippen LogP contribution in [-0.2, 0) is 9.53 Å². The fraction of sp³-hybridized carbons (Fsp3) is 0.500. The van der Waals surface area contributed by atoms with Gasteiger partial charge in [0.1, 0.15) is 11.6 Å². The van der Waals surface area contributed by atoms with Crippen LogP contribution in [-0.4, -0.2) is 77.7 Å². The van der Waals surface area contributed by atoms with Gasteiger partial charge >= 0.3 is 0 Å². The smallest absolute Gasteiger partial charge is 0.152 e. The highest BCUT2D eigenvalue weighted by atomic mass is 16.5. The Kier molecular flexibility index (Phi) is 8.97. The lowest BCUT2D eigenvalue weighted by molar-refractivity contribution is -0.112. The number of benzene rings is 1. The van der Waals surface area contributed by atoms with Gasteiger partial charge in [0.15, 0.2) is 5.78 Å². The maximum Gasteiger partial charge on any atom is 0.152 e. The predicted molar refractivity (Wildman–Crippen MR) is 154 cm³/mol. The number of H-pyrrole nitrogens is 1. The van der Waals surface area contributed by atoms with Crippen molar-refractivity contribution in [3.63, 3.8) is 0 Å². The number of phenolic OH excluding ortho intramolecular Hbond substituents is 1. The van der Waals surface area contributed by atoms with Crippen LogP contribution < -0.4 is 11.5 Å². The first-order chi connectivity index (χ1) is 18.2. The van der Waals surface area contributed by atoms with E-state index >= 15 is 0 Å². The molecule has 8 nitrogen and oxygen atoms in total. The van der Waals surface area contributed by atoms with E-state index < -0.39 is 0 Å². The number of nitrogens with one attached hydrogen (secondary N) is 1. The third-order valence-corrected chi connectivity index (χ3v) is 8.21. The summed E-state index contributed by atoms with van der Waals surface area (Å²) >= 11 is 0. The molecule has 3 saturated heterocycles. The van der Waals surface area contributed by atoms with Crippen LogP contribution in [0.4, 0.5) is 5.82 Å². The lowest BCUT2D eigenvalue weighted by Gasteiger charge is -2.46. The molecule has 3 atom stereocenters. The first-order valence-electron chi connectivity index (χ1n) is 13.6. The number of carbonyl (C=O) groups is 1. The summed E-state index contributed by atoms with van der Waals surface area (Å²) in [6.45, 7) is 11.9. The molecule has 1 aromatic heterocycles. The van der Waals surface area contributed by atoms with Gasteiger partial charge in [-0.15, -0.1) is 0 Å². The summed E-state index contributed by atoms with van der Waals surface area (Å²) < 4.78 is 5.85. The largest absolute Gasteiger partial charge is 0.507 e. The Hall–Kier alpha value is -3.07. The van der Waals surface area contributed by atoms with Crippen LogP contribution in [0, 0.1) is 0 Å². The molecule has 4 heterocycles. The number of carbonyl (C=O) groups excluding carboxylic acids is 1. The molecule has 1 aromatic carbocycles. The Morgan fingerprint density at radius 3 is 2.45 bits per heavy atom. The van der Waals surface area contributed by atoms with Crippen LogP contribution >= 0.6 is 0 Å². The number of hydrogen-bond acceptors (Lipinski definition) is 7. The Labute approximate surface area is 226 Å². The molecule has 0 radical (unpaired) electrons. The molecule has 6 N–H and O–H groups in total. The van der Waals surface area contributed by atoms with E-state index in [0.29, 0.717) is 41.0 Å². The van der Waals surface area contributed by atoms with E-state index in [0.717, 1.165) is 38.2 Å². The highest BCUT2D eigenvalue weighted by molar-refractivity contribution is 5.87. The molecule has 2 bridgehead atoms. The molecule has 3 fully saturated rings. The van der Waals surface area contributed by atoms with E-state index in [1.54, 1.807) is 12.1 Å². The van der Waals surface area contributed by atoms with E-state index in [9.17, 15) is 9.90 Å². The molecule has 3 unspecified atom stereocenters. The van der Waals surface area contributed by atoms with Gasteiger partial charge in [0.2, 0.25) is 0 Å². The van der Waals surface area contributed by atoms with Gasteiger partial charge in [-0.3, -0.25) is 9.69 Å². The Morgan fingerprint density at radius 2 is 1.89 bits per heavy atom. The number of ketones is 1.